The molecule has 4 heteroatoms. The Morgan fingerprint density at radius 2 is 2.45 bits per heavy atom. The average molecular weight is 271 g/mol. The first kappa shape index (κ1) is 14.5. The van der Waals surface area contributed by atoms with E-state index in [0.717, 1.165) is 19.5 Å². The number of likely N-dealkylation sites (tertiary alicyclic amines) is 1. The molecule has 1 aromatic rings. The summed E-state index contributed by atoms with van der Waals surface area (Å²) in [5.74, 6) is 6.42. The Labute approximate surface area is 120 Å². The van der Waals surface area contributed by atoms with Gasteiger partial charge in [0.25, 0.3) is 5.91 Å². The average Bonchev–Trinajstić information content (AvgIpc) is 2.94. The van der Waals surface area contributed by atoms with Gasteiger partial charge >= 0.3 is 0 Å². The van der Waals surface area contributed by atoms with Crippen LogP contribution in [0.25, 0.3) is 0 Å². The zero-order chi connectivity index (χ0) is 14.4. The number of pyridine rings is 1. The normalized spacial score (nSPS) is 17.7. The molecule has 1 amide bonds. The molecule has 1 aliphatic heterocycles. The van der Waals surface area contributed by atoms with Gasteiger partial charge in [0.15, 0.2) is 0 Å². The van der Waals surface area contributed by atoms with Crippen molar-refractivity contribution in [2.45, 2.75) is 26.2 Å². The summed E-state index contributed by atoms with van der Waals surface area (Å²) >= 11 is 0. The molecule has 20 heavy (non-hydrogen) atoms. The van der Waals surface area contributed by atoms with Crippen LogP contribution in [0.15, 0.2) is 18.5 Å². The first-order chi connectivity index (χ1) is 9.76. The minimum absolute atomic E-state index is 0.0623. The molecular formula is C16H21N3O. The van der Waals surface area contributed by atoms with Crippen molar-refractivity contribution in [1.29, 1.82) is 0 Å². The SMILES string of the molecule is CCCC1CCN(C(=O)c2ccncc2C#CCN)C1. The van der Waals surface area contributed by atoms with E-state index in [2.05, 4.69) is 23.7 Å². The highest BCUT2D eigenvalue weighted by Gasteiger charge is 2.27. The number of rotatable bonds is 3. The highest BCUT2D eigenvalue weighted by molar-refractivity contribution is 5.96. The molecule has 1 saturated heterocycles. The summed E-state index contributed by atoms with van der Waals surface area (Å²) in [7, 11) is 0. The summed E-state index contributed by atoms with van der Waals surface area (Å²) < 4.78 is 0. The number of aromatic nitrogens is 1. The Bertz CT molecular complexity index is 530. The van der Waals surface area contributed by atoms with E-state index in [0.29, 0.717) is 17.0 Å². The summed E-state index contributed by atoms with van der Waals surface area (Å²) in [6.45, 7) is 4.17. The van der Waals surface area contributed by atoms with Crippen molar-refractivity contribution in [3.05, 3.63) is 29.6 Å². The van der Waals surface area contributed by atoms with Gasteiger partial charge in [-0.1, -0.05) is 25.2 Å². The predicted molar refractivity (Wildman–Crippen MR) is 79.1 cm³/mol. The monoisotopic (exact) mass is 271 g/mol. The van der Waals surface area contributed by atoms with Gasteiger partial charge in [0.2, 0.25) is 0 Å². The molecule has 1 aliphatic rings. The minimum Gasteiger partial charge on any atom is -0.338 e. The highest BCUT2D eigenvalue weighted by atomic mass is 16.2. The first-order valence-electron chi connectivity index (χ1n) is 7.18. The molecule has 2 N–H and O–H groups in total. The van der Waals surface area contributed by atoms with Gasteiger partial charge < -0.3 is 10.6 Å². The van der Waals surface area contributed by atoms with E-state index >= 15 is 0 Å². The van der Waals surface area contributed by atoms with Gasteiger partial charge in [-0.25, -0.2) is 0 Å². The Morgan fingerprint density at radius 1 is 1.60 bits per heavy atom. The standard InChI is InChI=1S/C16H21N3O/c1-2-4-13-7-10-19(12-13)16(20)15-6-9-18-11-14(15)5-3-8-17/h6,9,11,13H,2,4,7-8,10,12,17H2,1H3. The fraction of sp³-hybridized carbons (Fsp3) is 0.500. The second-order valence-electron chi connectivity index (χ2n) is 5.12. The van der Waals surface area contributed by atoms with Crippen LogP contribution in [0.5, 0.6) is 0 Å². The molecule has 1 fully saturated rings. The summed E-state index contributed by atoms with van der Waals surface area (Å²) in [5, 5.41) is 0. The van der Waals surface area contributed by atoms with Crippen LogP contribution in [0, 0.1) is 17.8 Å². The van der Waals surface area contributed by atoms with Crippen LogP contribution in [-0.2, 0) is 0 Å². The number of nitrogens with two attached hydrogens (primary N) is 1. The summed E-state index contributed by atoms with van der Waals surface area (Å²) in [4.78, 5) is 18.6. The lowest BCUT2D eigenvalue weighted by atomic mass is 10.0. The molecule has 0 aromatic carbocycles. The number of carbonyl (C=O) groups is 1. The molecular weight excluding hydrogens is 250 g/mol. The van der Waals surface area contributed by atoms with Crippen molar-refractivity contribution in [1.82, 2.24) is 9.88 Å². The molecule has 2 rings (SSSR count). The van der Waals surface area contributed by atoms with E-state index in [4.69, 9.17) is 5.73 Å². The van der Waals surface area contributed by atoms with E-state index < -0.39 is 0 Å². The zero-order valence-corrected chi connectivity index (χ0v) is 11.9. The van der Waals surface area contributed by atoms with Gasteiger partial charge in [-0.2, -0.15) is 0 Å². The van der Waals surface area contributed by atoms with Crippen LogP contribution >= 0.6 is 0 Å². The quantitative estimate of drug-likeness (QED) is 0.850. The maximum atomic E-state index is 12.6. The Kier molecular flexibility index (Phi) is 5.14. The molecule has 2 heterocycles. The molecule has 0 spiro atoms. The Morgan fingerprint density at radius 3 is 3.20 bits per heavy atom. The molecule has 0 saturated carbocycles. The third kappa shape index (κ3) is 3.37. The van der Waals surface area contributed by atoms with E-state index in [9.17, 15) is 4.79 Å². The van der Waals surface area contributed by atoms with Crippen molar-refractivity contribution in [3.63, 3.8) is 0 Å². The summed E-state index contributed by atoms with van der Waals surface area (Å²) in [5.41, 5.74) is 6.69. The van der Waals surface area contributed by atoms with Crippen LogP contribution < -0.4 is 5.73 Å². The smallest absolute Gasteiger partial charge is 0.255 e. The highest BCUT2D eigenvalue weighted by Crippen LogP contribution is 2.23. The Balaban J connectivity index is 2.14. The van der Waals surface area contributed by atoms with Gasteiger partial charge in [0.05, 0.1) is 17.7 Å². The number of hydrogen-bond acceptors (Lipinski definition) is 3. The Hall–Kier alpha value is -1.86. The summed E-state index contributed by atoms with van der Waals surface area (Å²) in [6.07, 6.45) is 6.75. The first-order valence-corrected chi connectivity index (χ1v) is 7.18. The topological polar surface area (TPSA) is 59.2 Å². The molecule has 0 aliphatic carbocycles. The third-order valence-corrected chi connectivity index (χ3v) is 3.65. The molecule has 0 radical (unpaired) electrons. The van der Waals surface area contributed by atoms with E-state index in [-0.39, 0.29) is 12.5 Å². The molecule has 1 aromatic heterocycles. The lowest BCUT2D eigenvalue weighted by Crippen LogP contribution is -2.29. The van der Waals surface area contributed by atoms with Crippen molar-refractivity contribution in [2.24, 2.45) is 11.7 Å². The lowest BCUT2D eigenvalue weighted by molar-refractivity contribution is 0.0786. The van der Waals surface area contributed by atoms with Crippen LogP contribution in [0.2, 0.25) is 0 Å². The predicted octanol–water partition coefficient (Wildman–Crippen LogP) is 1.65. The minimum atomic E-state index is 0.0623. The molecule has 1 unspecified atom stereocenters. The van der Waals surface area contributed by atoms with Crippen molar-refractivity contribution in [3.8, 4) is 11.8 Å². The van der Waals surface area contributed by atoms with Gasteiger partial charge in [-0.05, 0) is 24.8 Å². The summed E-state index contributed by atoms with van der Waals surface area (Å²) in [6, 6.07) is 1.75. The third-order valence-electron chi connectivity index (χ3n) is 3.65. The number of hydrogen-bond donors (Lipinski definition) is 1. The second kappa shape index (κ2) is 7.06. The fourth-order valence-corrected chi connectivity index (χ4v) is 2.66. The number of amides is 1. The lowest BCUT2D eigenvalue weighted by Gasteiger charge is -2.17. The second-order valence-corrected chi connectivity index (χ2v) is 5.12. The van der Waals surface area contributed by atoms with E-state index in [1.54, 1.807) is 18.5 Å². The van der Waals surface area contributed by atoms with Crippen LogP contribution in [0.1, 0.15) is 42.1 Å². The van der Waals surface area contributed by atoms with Crippen LogP contribution in [0.4, 0.5) is 0 Å². The molecule has 0 bridgehead atoms. The van der Waals surface area contributed by atoms with Crippen LogP contribution in [0.3, 0.4) is 0 Å². The van der Waals surface area contributed by atoms with Gasteiger partial charge in [0, 0.05) is 25.5 Å². The maximum Gasteiger partial charge on any atom is 0.255 e. The fourth-order valence-electron chi connectivity index (χ4n) is 2.66. The van der Waals surface area contributed by atoms with Gasteiger partial charge in [-0.15, -0.1) is 0 Å². The van der Waals surface area contributed by atoms with E-state index in [1.165, 1.54) is 12.8 Å². The van der Waals surface area contributed by atoms with Crippen molar-refractivity contribution in [2.75, 3.05) is 19.6 Å². The van der Waals surface area contributed by atoms with Crippen LogP contribution in [-0.4, -0.2) is 35.4 Å². The van der Waals surface area contributed by atoms with Crippen molar-refractivity contribution < 1.29 is 4.79 Å². The molecule has 4 nitrogen and oxygen atoms in total. The number of nitrogens with zero attached hydrogens (tertiary/aromatic N) is 2. The zero-order valence-electron chi connectivity index (χ0n) is 11.9. The molecule has 1 atom stereocenters. The van der Waals surface area contributed by atoms with E-state index in [1.807, 2.05) is 4.90 Å². The van der Waals surface area contributed by atoms with Gasteiger partial charge in [0.1, 0.15) is 0 Å². The van der Waals surface area contributed by atoms with Crippen molar-refractivity contribution >= 4 is 5.91 Å². The maximum absolute atomic E-state index is 12.6. The molecule has 106 valence electrons. The largest absolute Gasteiger partial charge is 0.338 e. The number of carbonyl (C=O) groups excluding carboxylic acids is 1. The van der Waals surface area contributed by atoms with Gasteiger partial charge in [-0.3, -0.25) is 9.78 Å².